The number of amides is 1. The Bertz CT molecular complexity index is 533. The normalized spacial score (nSPS) is 22.3. The van der Waals surface area contributed by atoms with E-state index in [9.17, 15) is 13.2 Å². The Balaban J connectivity index is 1.76. The first kappa shape index (κ1) is 12.8. The second kappa shape index (κ2) is 5.34. The molecule has 1 aliphatic rings. The van der Waals surface area contributed by atoms with Crippen LogP contribution < -0.4 is 5.43 Å². The van der Waals surface area contributed by atoms with Gasteiger partial charge in [0.1, 0.15) is 5.76 Å². The topological polar surface area (TPSA) is 88.7 Å². The molecule has 0 bridgehead atoms. The van der Waals surface area contributed by atoms with E-state index in [0.717, 1.165) is 0 Å². The first-order valence-electron chi connectivity index (χ1n) is 5.61. The number of nitrogens with zero attached hydrogens (tertiary/aromatic N) is 1. The largest absolute Gasteiger partial charge is 0.463 e. The fraction of sp³-hybridized carbons (Fsp3) is 0.455. The smallest absolute Gasteiger partial charge is 0.240 e. The summed E-state index contributed by atoms with van der Waals surface area (Å²) in [7, 11) is -2.93. The first-order chi connectivity index (χ1) is 8.55. The van der Waals surface area contributed by atoms with Gasteiger partial charge in [0.05, 0.1) is 24.0 Å². The van der Waals surface area contributed by atoms with Gasteiger partial charge in [-0.3, -0.25) is 4.79 Å². The van der Waals surface area contributed by atoms with Crippen molar-refractivity contribution in [1.82, 2.24) is 5.43 Å². The Morgan fingerprint density at radius 3 is 3.06 bits per heavy atom. The van der Waals surface area contributed by atoms with E-state index >= 15 is 0 Å². The zero-order chi connectivity index (χ0) is 13.0. The number of sulfone groups is 1. The molecule has 7 heteroatoms. The molecule has 1 saturated heterocycles. The molecule has 2 rings (SSSR count). The van der Waals surface area contributed by atoms with Gasteiger partial charge in [0.25, 0.3) is 0 Å². The van der Waals surface area contributed by atoms with Gasteiger partial charge in [0.2, 0.25) is 5.91 Å². The van der Waals surface area contributed by atoms with Crippen LogP contribution in [0.25, 0.3) is 0 Å². The van der Waals surface area contributed by atoms with Crippen LogP contribution in [0, 0.1) is 5.92 Å². The zero-order valence-electron chi connectivity index (χ0n) is 9.70. The van der Waals surface area contributed by atoms with Crippen molar-refractivity contribution in [3.63, 3.8) is 0 Å². The van der Waals surface area contributed by atoms with Crippen molar-refractivity contribution in [1.29, 1.82) is 0 Å². The van der Waals surface area contributed by atoms with Crippen molar-refractivity contribution in [3.05, 3.63) is 24.2 Å². The lowest BCUT2D eigenvalue weighted by Gasteiger charge is -2.04. The Kier molecular flexibility index (Phi) is 3.81. The molecule has 18 heavy (non-hydrogen) atoms. The lowest BCUT2D eigenvalue weighted by molar-refractivity contribution is -0.121. The van der Waals surface area contributed by atoms with Gasteiger partial charge in [-0.25, -0.2) is 13.8 Å². The SMILES string of the molecule is O=C(C[C@H]1CCS(=O)(=O)C1)N/N=C\c1ccco1. The molecule has 6 nitrogen and oxygen atoms in total. The molecular formula is C11H14N2O4S. The van der Waals surface area contributed by atoms with Crippen LogP contribution in [0.3, 0.4) is 0 Å². The highest BCUT2D eigenvalue weighted by Crippen LogP contribution is 2.21. The zero-order valence-corrected chi connectivity index (χ0v) is 10.5. The van der Waals surface area contributed by atoms with E-state index < -0.39 is 9.84 Å². The third kappa shape index (κ3) is 3.69. The molecular weight excluding hydrogens is 256 g/mol. The summed E-state index contributed by atoms with van der Waals surface area (Å²) in [5.74, 6) is 0.454. The molecule has 98 valence electrons. The standard InChI is InChI=1S/C11H14N2O4S/c14-11(6-9-3-5-18(15,16)8-9)13-12-7-10-2-1-4-17-10/h1-2,4,7,9H,3,5-6,8H2,(H,13,14)/b12-7-/t9-/m1/s1. The maximum atomic E-state index is 11.5. The summed E-state index contributed by atoms with van der Waals surface area (Å²) in [6.07, 6.45) is 3.64. The number of carbonyl (C=O) groups is 1. The highest BCUT2D eigenvalue weighted by molar-refractivity contribution is 7.91. The molecule has 2 heterocycles. The molecule has 1 atom stereocenters. The Hall–Kier alpha value is -1.63. The predicted octanol–water partition coefficient (Wildman–Crippen LogP) is 0.554. The summed E-state index contributed by atoms with van der Waals surface area (Å²) in [5.41, 5.74) is 2.35. The van der Waals surface area contributed by atoms with Gasteiger partial charge < -0.3 is 4.42 Å². The lowest BCUT2D eigenvalue weighted by atomic mass is 10.1. The van der Waals surface area contributed by atoms with E-state index in [-0.39, 0.29) is 29.8 Å². The minimum atomic E-state index is -2.93. The average Bonchev–Trinajstić information content (AvgIpc) is 2.88. The number of hydrazone groups is 1. The van der Waals surface area contributed by atoms with Gasteiger partial charge in [-0.2, -0.15) is 5.10 Å². The maximum Gasteiger partial charge on any atom is 0.240 e. The highest BCUT2D eigenvalue weighted by Gasteiger charge is 2.29. The minimum absolute atomic E-state index is 0.0891. The second-order valence-corrected chi connectivity index (χ2v) is 6.51. The summed E-state index contributed by atoms with van der Waals surface area (Å²) in [4.78, 5) is 11.5. The summed E-state index contributed by atoms with van der Waals surface area (Å²) in [5, 5.41) is 3.72. The first-order valence-corrected chi connectivity index (χ1v) is 7.43. The van der Waals surface area contributed by atoms with E-state index in [1.165, 1.54) is 12.5 Å². The van der Waals surface area contributed by atoms with Gasteiger partial charge in [-0.15, -0.1) is 0 Å². The number of rotatable bonds is 4. The molecule has 1 aromatic heterocycles. The number of carbonyl (C=O) groups excluding carboxylic acids is 1. The van der Waals surface area contributed by atoms with Gasteiger partial charge in [0.15, 0.2) is 9.84 Å². The van der Waals surface area contributed by atoms with Crippen LogP contribution >= 0.6 is 0 Å². The Morgan fingerprint density at radius 2 is 2.44 bits per heavy atom. The van der Waals surface area contributed by atoms with E-state index in [1.54, 1.807) is 12.1 Å². The summed E-state index contributed by atoms with van der Waals surface area (Å²) >= 11 is 0. The molecule has 0 unspecified atom stereocenters. The summed E-state index contributed by atoms with van der Waals surface area (Å²) in [6.45, 7) is 0. The molecule has 1 amide bonds. The Morgan fingerprint density at radius 1 is 1.61 bits per heavy atom. The second-order valence-electron chi connectivity index (χ2n) is 4.28. The van der Waals surface area contributed by atoms with E-state index in [0.29, 0.717) is 12.2 Å². The monoisotopic (exact) mass is 270 g/mol. The van der Waals surface area contributed by atoms with Crippen LogP contribution in [-0.4, -0.2) is 32.0 Å². The van der Waals surface area contributed by atoms with Crippen molar-refractivity contribution in [2.75, 3.05) is 11.5 Å². The van der Waals surface area contributed by atoms with Crippen molar-refractivity contribution in [2.45, 2.75) is 12.8 Å². The van der Waals surface area contributed by atoms with Gasteiger partial charge in [-0.05, 0) is 24.5 Å². The molecule has 0 saturated carbocycles. The molecule has 0 aromatic carbocycles. The third-order valence-corrected chi connectivity index (χ3v) is 4.56. The van der Waals surface area contributed by atoms with E-state index in [4.69, 9.17) is 4.42 Å². The fourth-order valence-corrected chi connectivity index (χ4v) is 3.74. The van der Waals surface area contributed by atoms with Crippen molar-refractivity contribution < 1.29 is 17.6 Å². The number of hydrogen-bond acceptors (Lipinski definition) is 5. The van der Waals surface area contributed by atoms with Gasteiger partial charge in [0, 0.05) is 6.42 Å². The third-order valence-electron chi connectivity index (χ3n) is 2.73. The van der Waals surface area contributed by atoms with Gasteiger partial charge in [-0.1, -0.05) is 0 Å². The number of hydrogen-bond donors (Lipinski definition) is 1. The quantitative estimate of drug-likeness (QED) is 0.639. The van der Waals surface area contributed by atoms with Crippen molar-refractivity contribution in [3.8, 4) is 0 Å². The molecule has 1 aromatic rings. The molecule has 0 spiro atoms. The van der Waals surface area contributed by atoms with Crippen molar-refractivity contribution in [2.24, 2.45) is 11.0 Å². The minimum Gasteiger partial charge on any atom is -0.463 e. The van der Waals surface area contributed by atoms with Crippen LogP contribution in [0.15, 0.2) is 27.9 Å². The fourth-order valence-electron chi connectivity index (χ4n) is 1.87. The van der Waals surface area contributed by atoms with Crippen LogP contribution in [0.5, 0.6) is 0 Å². The van der Waals surface area contributed by atoms with Crippen LogP contribution in [0.4, 0.5) is 0 Å². The van der Waals surface area contributed by atoms with Crippen LogP contribution in [0.2, 0.25) is 0 Å². The predicted molar refractivity (Wildman–Crippen MR) is 65.8 cm³/mol. The van der Waals surface area contributed by atoms with E-state index in [1.807, 2.05) is 0 Å². The molecule has 0 radical (unpaired) electrons. The number of furan rings is 1. The van der Waals surface area contributed by atoms with Crippen LogP contribution in [-0.2, 0) is 14.6 Å². The van der Waals surface area contributed by atoms with Crippen molar-refractivity contribution >= 4 is 22.0 Å². The highest BCUT2D eigenvalue weighted by atomic mass is 32.2. The summed E-state index contributed by atoms with van der Waals surface area (Å²) in [6, 6.07) is 3.42. The molecule has 0 aliphatic carbocycles. The van der Waals surface area contributed by atoms with E-state index in [2.05, 4.69) is 10.5 Å². The van der Waals surface area contributed by atoms with Gasteiger partial charge >= 0.3 is 0 Å². The average molecular weight is 270 g/mol. The lowest BCUT2D eigenvalue weighted by Crippen LogP contribution is -2.21. The Labute approximate surface area is 105 Å². The number of nitrogens with one attached hydrogen (secondary N) is 1. The molecule has 1 N–H and O–H groups in total. The molecule has 1 aliphatic heterocycles. The maximum absolute atomic E-state index is 11.5. The molecule has 1 fully saturated rings. The summed E-state index contributed by atoms with van der Waals surface area (Å²) < 4.78 is 27.4. The van der Waals surface area contributed by atoms with Crippen LogP contribution in [0.1, 0.15) is 18.6 Å².